The van der Waals surface area contributed by atoms with Crippen LogP contribution in [0.3, 0.4) is 0 Å². The molecule has 2 N–H and O–H groups in total. The first-order valence-corrected chi connectivity index (χ1v) is 7.71. The molecule has 2 aromatic carbocycles. The third-order valence-corrected chi connectivity index (χ3v) is 3.61. The van der Waals surface area contributed by atoms with Crippen LogP contribution in [0.5, 0.6) is 17.2 Å². The van der Waals surface area contributed by atoms with Crippen molar-refractivity contribution in [3.8, 4) is 17.2 Å². The molecule has 0 bridgehead atoms. The Labute approximate surface area is 148 Å². The van der Waals surface area contributed by atoms with Crippen molar-refractivity contribution in [3.05, 3.63) is 47.0 Å². The highest BCUT2D eigenvalue weighted by atomic mass is 35.5. The minimum atomic E-state index is -1.13. The van der Waals surface area contributed by atoms with E-state index in [2.05, 4.69) is 5.32 Å². The van der Waals surface area contributed by atoms with Crippen molar-refractivity contribution >= 4 is 29.2 Å². The summed E-state index contributed by atoms with van der Waals surface area (Å²) in [5.74, 6) is 0.0152. The minimum absolute atomic E-state index is 0.109. The van der Waals surface area contributed by atoms with Crippen LogP contribution in [0.4, 0.5) is 5.69 Å². The van der Waals surface area contributed by atoms with Crippen molar-refractivity contribution in [1.82, 2.24) is 0 Å². The van der Waals surface area contributed by atoms with Gasteiger partial charge in [0.25, 0.3) is 0 Å². The van der Waals surface area contributed by atoms with Crippen molar-refractivity contribution in [1.29, 1.82) is 0 Å². The summed E-state index contributed by atoms with van der Waals surface area (Å²) < 4.78 is 15.7. The number of amides is 1. The van der Waals surface area contributed by atoms with Gasteiger partial charge in [0, 0.05) is 11.1 Å². The molecule has 7 nitrogen and oxygen atoms in total. The second kappa shape index (κ2) is 7.31. The normalized spacial score (nSPS) is 11.9. The lowest BCUT2D eigenvalue weighted by molar-refractivity contribution is -0.139. The summed E-state index contributed by atoms with van der Waals surface area (Å²) in [6.07, 6.45) is 0.109. The lowest BCUT2D eigenvalue weighted by atomic mass is 10.1. The van der Waals surface area contributed by atoms with Gasteiger partial charge in [-0.1, -0.05) is 17.7 Å². The van der Waals surface area contributed by atoms with Gasteiger partial charge in [0.1, 0.15) is 5.75 Å². The summed E-state index contributed by atoms with van der Waals surface area (Å²) in [7, 11) is 0. The Morgan fingerprint density at radius 2 is 1.96 bits per heavy atom. The van der Waals surface area contributed by atoms with Gasteiger partial charge in [-0.3, -0.25) is 4.79 Å². The average molecular weight is 364 g/mol. The van der Waals surface area contributed by atoms with Gasteiger partial charge >= 0.3 is 5.97 Å². The number of carbonyl (C=O) groups is 2. The van der Waals surface area contributed by atoms with Crippen LogP contribution in [0, 0.1) is 0 Å². The summed E-state index contributed by atoms with van der Waals surface area (Å²) in [6, 6.07) is 9.83. The van der Waals surface area contributed by atoms with E-state index in [-0.39, 0.29) is 24.9 Å². The molecule has 0 saturated heterocycles. The van der Waals surface area contributed by atoms with Gasteiger partial charge in [-0.25, -0.2) is 4.79 Å². The van der Waals surface area contributed by atoms with Gasteiger partial charge in [-0.05, 0) is 29.8 Å². The van der Waals surface area contributed by atoms with Crippen LogP contribution in [0.1, 0.15) is 5.56 Å². The highest BCUT2D eigenvalue weighted by molar-refractivity contribution is 6.30. The summed E-state index contributed by atoms with van der Waals surface area (Å²) >= 11 is 5.89. The number of aliphatic carboxylic acids is 1. The van der Waals surface area contributed by atoms with E-state index in [1.165, 1.54) is 6.07 Å². The zero-order valence-electron chi connectivity index (χ0n) is 13.0. The fraction of sp³-hybridized carbons (Fsp3) is 0.176. The zero-order valence-corrected chi connectivity index (χ0v) is 13.7. The van der Waals surface area contributed by atoms with Crippen molar-refractivity contribution in [3.63, 3.8) is 0 Å². The Morgan fingerprint density at radius 1 is 1.16 bits per heavy atom. The van der Waals surface area contributed by atoms with E-state index in [4.69, 9.17) is 30.9 Å². The molecular weight excluding hydrogens is 350 g/mol. The number of carboxylic acid groups (broad SMARTS) is 1. The Balaban J connectivity index is 1.69. The first kappa shape index (κ1) is 16.9. The Morgan fingerprint density at radius 3 is 2.76 bits per heavy atom. The number of hydrogen-bond acceptors (Lipinski definition) is 5. The lowest BCUT2D eigenvalue weighted by Gasteiger charge is -2.12. The smallest absolute Gasteiger partial charge is 0.341 e. The van der Waals surface area contributed by atoms with E-state index in [1.54, 1.807) is 30.3 Å². The van der Waals surface area contributed by atoms with Crippen LogP contribution < -0.4 is 19.5 Å². The van der Waals surface area contributed by atoms with E-state index in [0.29, 0.717) is 22.2 Å². The van der Waals surface area contributed by atoms with E-state index in [1.807, 2.05) is 0 Å². The standard InChI is InChI=1S/C17H14ClNO6/c18-11-2-3-12(14(7-11)23-8-17(21)22)19-16(20)6-10-1-4-13-15(5-10)25-9-24-13/h1-5,7H,6,8-9H2,(H,19,20)(H,21,22). The summed E-state index contributed by atoms with van der Waals surface area (Å²) in [5.41, 5.74) is 1.10. The van der Waals surface area contributed by atoms with Crippen LogP contribution >= 0.6 is 11.6 Å². The summed E-state index contributed by atoms with van der Waals surface area (Å²) in [5, 5.41) is 11.8. The maximum absolute atomic E-state index is 12.3. The average Bonchev–Trinajstić information content (AvgIpc) is 3.02. The molecule has 1 aliphatic rings. The molecule has 1 heterocycles. The fourth-order valence-corrected chi connectivity index (χ4v) is 2.45. The third kappa shape index (κ3) is 4.33. The van der Waals surface area contributed by atoms with E-state index in [0.717, 1.165) is 5.56 Å². The highest BCUT2D eigenvalue weighted by Crippen LogP contribution is 2.33. The Hall–Kier alpha value is -2.93. The molecule has 0 aliphatic carbocycles. The zero-order chi connectivity index (χ0) is 17.8. The maximum Gasteiger partial charge on any atom is 0.341 e. The van der Waals surface area contributed by atoms with Crippen LogP contribution in [0.2, 0.25) is 5.02 Å². The van der Waals surface area contributed by atoms with Gasteiger partial charge in [-0.15, -0.1) is 0 Å². The molecule has 130 valence electrons. The topological polar surface area (TPSA) is 94.1 Å². The lowest BCUT2D eigenvalue weighted by Crippen LogP contribution is -2.16. The number of anilines is 1. The third-order valence-electron chi connectivity index (χ3n) is 3.37. The van der Waals surface area contributed by atoms with Gasteiger partial charge in [0.05, 0.1) is 12.1 Å². The molecule has 0 unspecified atom stereocenters. The summed E-state index contributed by atoms with van der Waals surface area (Å²) in [4.78, 5) is 22.9. The second-order valence-corrected chi connectivity index (χ2v) is 5.67. The molecule has 1 amide bonds. The maximum atomic E-state index is 12.3. The molecule has 3 rings (SSSR count). The van der Waals surface area contributed by atoms with Gasteiger partial charge in [0.15, 0.2) is 18.1 Å². The van der Waals surface area contributed by atoms with Gasteiger partial charge in [-0.2, -0.15) is 0 Å². The molecule has 0 spiro atoms. The van der Waals surface area contributed by atoms with Crippen molar-refractivity contribution in [2.24, 2.45) is 0 Å². The highest BCUT2D eigenvalue weighted by Gasteiger charge is 2.15. The van der Waals surface area contributed by atoms with Crippen LogP contribution in [0.15, 0.2) is 36.4 Å². The number of fused-ring (bicyclic) bond motifs is 1. The Bertz CT molecular complexity index is 823. The first-order chi connectivity index (χ1) is 12.0. The Kier molecular flexibility index (Phi) is 4.95. The van der Waals surface area contributed by atoms with E-state index < -0.39 is 12.6 Å². The SMILES string of the molecule is O=C(O)COc1cc(Cl)ccc1NC(=O)Cc1ccc2c(c1)OCO2. The van der Waals surface area contributed by atoms with E-state index >= 15 is 0 Å². The fourth-order valence-electron chi connectivity index (χ4n) is 2.29. The second-order valence-electron chi connectivity index (χ2n) is 5.24. The molecule has 0 radical (unpaired) electrons. The number of benzene rings is 2. The molecule has 0 aromatic heterocycles. The molecule has 0 saturated carbocycles. The predicted molar refractivity (Wildman–Crippen MR) is 89.5 cm³/mol. The number of carboxylic acids is 1. The monoisotopic (exact) mass is 363 g/mol. The van der Waals surface area contributed by atoms with Gasteiger partial charge in [0.2, 0.25) is 12.7 Å². The van der Waals surface area contributed by atoms with E-state index in [9.17, 15) is 9.59 Å². The van der Waals surface area contributed by atoms with Gasteiger partial charge < -0.3 is 24.6 Å². The molecule has 0 fully saturated rings. The van der Waals surface area contributed by atoms with Crippen LogP contribution in [0.25, 0.3) is 0 Å². The van der Waals surface area contributed by atoms with Crippen LogP contribution in [-0.2, 0) is 16.0 Å². The minimum Gasteiger partial charge on any atom is -0.480 e. The van der Waals surface area contributed by atoms with Crippen molar-refractivity contribution < 1.29 is 28.9 Å². The summed E-state index contributed by atoms with van der Waals surface area (Å²) in [6.45, 7) is -0.370. The molecule has 0 atom stereocenters. The molecule has 2 aromatic rings. The number of hydrogen-bond donors (Lipinski definition) is 2. The number of nitrogens with one attached hydrogen (secondary N) is 1. The first-order valence-electron chi connectivity index (χ1n) is 7.34. The molecule has 8 heteroatoms. The van der Waals surface area contributed by atoms with Crippen molar-refractivity contribution in [2.45, 2.75) is 6.42 Å². The number of halogens is 1. The number of carbonyl (C=O) groups excluding carboxylic acids is 1. The molecule has 25 heavy (non-hydrogen) atoms. The molecular formula is C17H14ClNO6. The number of ether oxygens (including phenoxy) is 3. The van der Waals surface area contributed by atoms with Crippen LogP contribution in [-0.4, -0.2) is 30.4 Å². The predicted octanol–water partition coefficient (Wildman–Crippen LogP) is 2.71. The largest absolute Gasteiger partial charge is 0.480 e. The van der Waals surface area contributed by atoms with Crippen molar-refractivity contribution in [2.75, 3.05) is 18.7 Å². The quantitative estimate of drug-likeness (QED) is 0.819. The number of rotatable bonds is 6. The molecule has 1 aliphatic heterocycles.